The molecule has 1 aliphatic heterocycles. The number of aliphatic hydroxyl groups is 1. The van der Waals surface area contributed by atoms with Crippen LogP contribution < -0.4 is 0 Å². The van der Waals surface area contributed by atoms with Crippen molar-refractivity contribution in [1.82, 2.24) is 14.5 Å². The summed E-state index contributed by atoms with van der Waals surface area (Å²) in [5, 5.41) is 14.8. The Morgan fingerprint density at radius 1 is 1.48 bits per heavy atom. The molecule has 2 unspecified atom stereocenters. The quantitative estimate of drug-likeness (QED) is 0.930. The van der Waals surface area contributed by atoms with Crippen LogP contribution in [0.2, 0.25) is 0 Å². The summed E-state index contributed by atoms with van der Waals surface area (Å²) in [7, 11) is 0. The van der Waals surface area contributed by atoms with Gasteiger partial charge in [-0.25, -0.2) is 0 Å². The maximum absolute atomic E-state index is 12.7. The van der Waals surface area contributed by atoms with E-state index in [1.54, 1.807) is 0 Å². The van der Waals surface area contributed by atoms with Crippen molar-refractivity contribution in [3.63, 3.8) is 0 Å². The molecule has 2 aliphatic rings. The molecule has 0 radical (unpaired) electrons. The first kappa shape index (κ1) is 14.9. The molecule has 116 valence electrons. The number of nitrogens with zero attached hydrogens (tertiary/aromatic N) is 3. The van der Waals surface area contributed by atoms with Crippen LogP contribution in [0.4, 0.5) is 0 Å². The third kappa shape index (κ3) is 2.83. The van der Waals surface area contributed by atoms with Crippen molar-refractivity contribution in [2.45, 2.75) is 57.5 Å². The molecule has 6 heteroatoms. The molecule has 2 heterocycles. The van der Waals surface area contributed by atoms with E-state index in [4.69, 9.17) is 0 Å². The number of amides is 1. The topological polar surface area (TPSA) is 66.3 Å². The lowest BCUT2D eigenvalue weighted by Gasteiger charge is -2.47. The molecule has 2 fully saturated rings. The Hall–Kier alpha value is -1.01. The predicted molar refractivity (Wildman–Crippen MR) is 81.3 cm³/mol. The van der Waals surface area contributed by atoms with Gasteiger partial charge in [0.2, 0.25) is 0 Å². The van der Waals surface area contributed by atoms with E-state index in [0.717, 1.165) is 44.2 Å². The maximum atomic E-state index is 12.7. The molecule has 1 aliphatic carbocycles. The van der Waals surface area contributed by atoms with Crippen LogP contribution in [0.3, 0.4) is 0 Å². The predicted octanol–water partition coefficient (Wildman–Crippen LogP) is 2.26. The van der Waals surface area contributed by atoms with E-state index in [2.05, 4.69) is 16.5 Å². The summed E-state index contributed by atoms with van der Waals surface area (Å²) in [6.07, 6.45) is 6.68. The highest BCUT2D eigenvalue weighted by Gasteiger charge is 2.44. The van der Waals surface area contributed by atoms with Gasteiger partial charge in [0.05, 0.1) is 11.3 Å². The van der Waals surface area contributed by atoms with Crippen molar-refractivity contribution in [3.05, 3.63) is 10.6 Å². The van der Waals surface area contributed by atoms with Gasteiger partial charge in [-0.15, -0.1) is 5.10 Å². The Balaban J connectivity index is 1.73. The van der Waals surface area contributed by atoms with E-state index < -0.39 is 5.60 Å². The number of aryl methyl sites for hydroxylation is 1. The Kier molecular flexibility index (Phi) is 4.26. The van der Waals surface area contributed by atoms with Crippen LogP contribution in [-0.4, -0.2) is 44.2 Å². The second-order valence-corrected chi connectivity index (χ2v) is 7.10. The van der Waals surface area contributed by atoms with Crippen LogP contribution in [0.25, 0.3) is 0 Å². The number of hydrogen-bond donors (Lipinski definition) is 1. The van der Waals surface area contributed by atoms with Gasteiger partial charge in [-0.2, -0.15) is 0 Å². The summed E-state index contributed by atoms with van der Waals surface area (Å²) in [5.74, 6) is 0.292. The Labute approximate surface area is 129 Å². The fraction of sp³-hybridized carbons (Fsp3) is 0.800. The molecule has 2 atom stereocenters. The number of aromatic nitrogens is 2. The zero-order valence-electron chi connectivity index (χ0n) is 12.5. The molecule has 5 nitrogen and oxygen atoms in total. The average Bonchev–Trinajstić information content (AvgIpc) is 2.94. The molecule has 3 rings (SSSR count). The molecular formula is C15H23N3O2S. The Bertz CT molecular complexity index is 519. The first-order chi connectivity index (χ1) is 10.1. The number of fused-ring (bicyclic) bond motifs is 1. The summed E-state index contributed by atoms with van der Waals surface area (Å²) in [6, 6.07) is 0. The van der Waals surface area contributed by atoms with Crippen LogP contribution in [0.5, 0.6) is 0 Å². The Morgan fingerprint density at radius 3 is 3.14 bits per heavy atom. The lowest BCUT2D eigenvalue weighted by Crippen LogP contribution is -2.54. The van der Waals surface area contributed by atoms with Crippen LogP contribution in [0, 0.1) is 5.92 Å². The minimum Gasteiger partial charge on any atom is -0.389 e. The summed E-state index contributed by atoms with van der Waals surface area (Å²) in [4.78, 5) is 15.3. The molecule has 21 heavy (non-hydrogen) atoms. The van der Waals surface area contributed by atoms with Gasteiger partial charge < -0.3 is 10.0 Å². The normalized spacial score (nSPS) is 29.2. The fourth-order valence-corrected chi connectivity index (χ4v) is 4.35. The zero-order chi connectivity index (χ0) is 14.9. The van der Waals surface area contributed by atoms with Crippen molar-refractivity contribution in [3.8, 4) is 0 Å². The van der Waals surface area contributed by atoms with Crippen molar-refractivity contribution < 1.29 is 9.90 Å². The van der Waals surface area contributed by atoms with E-state index in [-0.39, 0.29) is 11.8 Å². The van der Waals surface area contributed by atoms with E-state index in [1.165, 1.54) is 11.5 Å². The van der Waals surface area contributed by atoms with Crippen LogP contribution >= 0.6 is 11.5 Å². The van der Waals surface area contributed by atoms with Gasteiger partial charge in [0.25, 0.3) is 5.91 Å². The molecule has 1 N–H and O–H groups in total. The van der Waals surface area contributed by atoms with E-state index >= 15 is 0 Å². The minimum absolute atomic E-state index is 0.0565. The third-order valence-corrected chi connectivity index (χ3v) is 5.71. The summed E-state index contributed by atoms with van der Waals surface area (Å²) < 4.78 is 3.95. The lowest BCUT2D eigenvalue weighted by molar-refractivity contribution is -0.0885. The first-order valence-electron chi connectivity index (χ1n) is 7.97. The van der Waals surface area contributed by atoms with Gasteiger partial charge in [-0.1, -0.05) is 30.7 Å². The fourth-order valence-electron chi connectivity index (χ4n) is 3.67. The van der Waals surface area contributed by atoms with Crippen molar-refractivity contribution in [1.29, 1.82) is 0 Å². The zero-order valence-corrected chi connectivity index (χ0v) is 13.4. The van der Waals surface area contributed by atoms with Gasteiger partial charge in [0, 0.05) is 19.0 Å². The monoisotopic (exact) mass is 309 g/mol. The number of carbonyl (C=O) groups excluding carboxylic acids is 1. The minimum atomic E-state index is -0.534. The third-order valence-electron chi connectivity index (χ3n) is 4.95. The van der Waals surface area contributed by atoms with Crippen molar-refractivity contribution >= 4 is 17.4 Å². The highest BCUT2D eigenvalue weighted by atomic mass is 32.1. The van der Waals surface area contributed by atoms with Gasteiger partial charge in [0.15, 0.2) is 0 Å². The maximum Gasteiger partial charge on any atom is 0.267 e. The van der Waals surface area contributed by atoms with Gasteiger partial charge >= 0.3 is 0 Å². The largest absolute Gasteiger partial charge is 0.389 e. The number of rotatable bonds is 3. The second-order valence-electron chi connectivity index (χ2n) is 6.35. The van der Waals surface area contributed by atoms with Crippen molar-refractivity contribution in [2.75, 3.05) is 13.1 Å². The number of piperidine rings is 1. The molecule has 0 spiro atoms. The standard InChI is InChI=1S/C15H23N3O2S/c1-2-5-12-13(21-17-16-12)14(19)18-9-8-15(20)7-4-3-6-11(15)10-18/h11,20H,2-10H2,1H3. The van der Waals surface area contributed by atoms with E-state index in [0.29, 0.717) is 24.4 Å². The molecule has 1 amide bonds. The molecule has 1 saturated carbocycles. The van der Waals surface area contributed by atoms with Crippen LogP contribution in [-0.2, 0) is 6.42 Å². The van der Waals surface area contributed by atoms with Gasteiger partial charge in [0.1, 0.15) is 4.88 Å². The number of likely N-dealkylation sites (tertiary alicyclic amines) is 1. The van der Waals surface area contributed by atoms with Crippen LogP contribution in [0.1, 0.15) is 60.8 Å². The lowest BCUT2D eigenvalue weighted by atomic mass is 9.71. The molecule has 1 aromatic heterocycles. The highest BCUT2D eigenvalue weighted by Crippen LogP contribution is 2.40. The average molecular weight is 309 g/mol. The molecule has 0 aromatic carbocycles. The summed E-state index contributed by atoms with van der Waals surface area (Å²) in [5.41, 5.74) is 0.296. The van der Waals surface area contributed by atoms with E-state index in [1.807, 2.05) is 4.90 Å². The number of carbonyl (C=O) groups is 1. The van der Waals surface area contributed by atoms with E-state index in [9.17, 15) is 9.90 Å². The molecular weight excluding hydrogens is 286 g/mol. The molecule has 1 saturated heterocycles. The van der Waals surface area contributed by atoms with Crippen LogP contribution in [0.15, 0.2) is 0 Å². The molecule has 0 bridgehead atoms. The number of hydrogen-bond acceptors (Lipinski definition) is 5. The smallest absolute Gasteiger partial charge is 0.267 e. The van der Waals surface area contributed by atoms with Gasteiger partial charge in [-0.05, 0) is 37.2 Å². The second kappa shape index (κ2) is 6.01. The molecule has 1 aromatic rings. The summed E-state index contributed by atoms with van der Waals surface area (Å²) >= 11 is 1.20. The van der Waals surface area contributed by atoms with Crippen molar-refractivity contribution in [2.24, 2.45) is 5.92 Å². The summed E-state index contributed by atoms with van der Waals surface area (Å²) in [6.45, 7) is 3.41. The Morgan fingerprint density at radius 2 is 2.33 bits per heavy atom. The SMILES string of the molecule is CCCc1nnsc1C(=O)N1CCC2(O)CCCCC2C1. The first-order valence-corrected chi connectivity index (χ1v) is 8.74. The van der Waals surface area contributed by atoms with Gasteiger partial charge in [-0.3, -0.25) is 4.79 Å². The highest BCUT2D eigenvalue weighted by molar-refractivity contribution is 7.08.